The summed E-state index contributed by atoms with van der Waals surface area (Å²) in [7, 11) is 0. The molecule has 0 N–H and O–H groups in total. The highest BCUT2D eigenvalue weighted by Gasteiger charge is 2.57. The van der Waals surface area contributed by atoms with Gasteiger partial charge in [-0.25, -0.2) is 9.59 Å². The lowest BCUT2D eigenvalue weighted by Gasteiger charge is -2.43. The summed E-state index contributed by atoms with van der Waals surface area (Å²) >= 11 is 0. The minimum Gasteiger partial charge on any atom is -0.464 e. The van der Waals surface area contributed by atoms with Gasteiger partial charge in [-0.05, 0) is 64.1 Å². The molecule has 2 aliphatic rings. The maximum absolute atomic E-state index is 13.2. The Morgan fingerprint density at radius 1 is 0.848 bits per heavy atom. The Kier molecular flexibility index (Phi) is 4.96. The Morgan fingerprint density at radius 2 is 1.39 bits per heavy atom. The second-order valence-corrected chi connectivity index (χ2v) is 8.46. The Balaban J connectivity index is 1.71. The molecule has 1 amide bonds. The summed E-state index contributed by atoms with van der Waals surface area (Å²) in [6, 6.07) is 16.6. The number of hydrogen-bond acceptors (Lipinski definition) is 5. The molecular weight excluding hydrogens is 418 g/mol. The highest BCUT2D eigenvalue weighted by atomic mass is 16.6. The van der Waals surface area contributed by atoms with E-state index in [2.05, 4.69) is 36.4 Å². The van der Waals surface area contributed by atoms with Gasteiger partial charge in [0, 0.05) is 19.9 Å². The van der Waals surface area contributed by atoms with Gasteiger partial charge < -0.3 is 14.4 Å². The number of amides is 1. The molecule has 0 saturated heterocycles. The zero-order chi connectivity index (χ0) is 23.3. The van der Waals surface area contributed by atoms with Gasteiger partial charge in [0.15, 0.2) is 0 Å². The van der Waals surface area contributed by atoms with Crippen LogP contribution in [0.15, 0.2) is 48.5 Å². The number of carbonyl (C=O) groups excluding carboxylic acids is 3. The van der Waals surface area contributed by atoms with Gasteiger partial charge in [0.2, 0.25) is 11.4 Å². The average Bonchev–Trinajstić information content (AvgIpc) is 3.11. The van der Waals surface area contributed by atoms with E-state index in [1.165, 1.54) is 17.2 Å². The lowest BCUT2D eigenvalue weighted by Crippen LogP contribution is -2.65. The predicted octanol–water partition coefficient (Wildman–Crippen LogP) is 4.26. The van der Waals surface area contributed by atoms with Gasteiger partial charge in [-0.2, -0.15) is 0 Å². The molecule has 6 nitrogen and oxygen atoms in total. The zero-order valence-corrected chi connectivity index (χ0v) is 18.9. The van der Waals surface area contributed by atoms with Crippen molar-refractivity contribution in [1.29, 1.82) is 0 Å². The lowest BCUT2D eigenvalue weighted by molar-refractivity contribution is -0.180. The van der Waals surface area contributed by atoms with Crippen molar-refractivity contribution in [2.75, 3.05) is 13.2 Å². The first kappa shape index (κ1) is 21.2. The maximum atomic E-state index is 13.2. The van der Waals surface area contributed by atoms with Crippen molar-refractivity contribution in [3.8, 4) is 22.3 Å². The van der Waals surface area contributed by atoms with Gasteiger partial charge in [0.1, 0.15) is 0 Å². The topological polar surface area (TPSA) is 72.9 Å². The van der Waals surface area contributed by atoms with Crippen molar-refractivity contribution in [3.63, 3.8) is 0 Å². The van der Waals surface area contributed by atoms with Gasteiger partial charge in [-0.3, -0.25) is 4.79 Å². The SMILES string of the molecule is CCOC(=O)C1(C(=O)OCC)Cc2cc3c(cc2CN1C(C)=O)-c1cccc2cccc-3c12. The van der Waals surface area contributed by atoms with Crippen LogP contribution in [0.3, 0.4) is 0 Å². The normalized spacial score (nSPS) is 15.1. The Hall–Kier alpha value is -3.67. The second-order valence-electron chi connectivity index (χ2n) is 8.46. The Bertz CT molecular complexity index is 1300. The summed E-state index contributed by atoms with van der Waals surface area (Å²) in [5, 5.41) is 2.36. The molecule has 3 aromatic rings. The fourth-order valence-corrected chi connectivity index (χ4v) is 5.24. The van der Waals surface area contributed by atoms with E-state index in [0.29, 0.717) is 0 Å². The standard InChI is InChI=1S/C27H25NO5/c1-4-32-25(30)27(26(31)33-5-2)14-18-12-22-20-10-6-8-17-9-7-11-21(24(17)20)23(22)13-19(18)15-28(27)16(3)29/h6-13H,4-5,14-15H2,1-3H3. The van der Waals surface area contributed by atoms with E-state index < -0.39 is 17.5 Å². The number of benzene rings is 3. The molecule has 0 atom stereocenters. The van der Waals surface area contributed by atoms with Crippen LogP contribution in [0.4, 0.5) is 0 Å². The fraction of sp³-hybridized carbons (Fsp3) is 0.296. The largest absolute Gasteiger partial charge is 0.464 e. The van der Waals surface area contributed by atoms with Crippen molar-refractivity contribution in [2.24, 2.45) is 0 Å². The quantitative estimate of drug-likeness (QED) is 0.348. The Morgan fingerprint density at radius 3 is 1.91 bits per heavy atom. The summed E-state index contributed by atoms with van der Waals surface area (Å²) in [5.74, 6) is -1.89. The Labute approximate surface area is 192 Å². The third-order valence-corrected chi connectivity index (χ3v) is 6.67. The summed E-state index contributed by atoms with van der Waals surface area (Å²) in [4.78, 5) is 40.4. The van der Waals surface area contributed by atoms with E-state index >= 15 is 0 Å². The van der Waals surface area contributed by atoms with E-state index in [-0.39, 0.29) is 32.1 Å². The highest BCUT2D eigenvalue weighted by Crippen LogP contribution is 2.49. The van der Waals surface area contributed by atoms with Gasteiger partial charge >= 0.3 is 11.9 Å². The van der Waals surface area contributed by atoms with Gasteiger partial charge in [0.05, 0.1) is 13.2 Å². The van der Waals surface area contributed by atoms with Crippen molar-refractivity contribution >= 4 is 28.6 Å². The van der Waals surface area contributed by atoms with Crippen molar-refractivity contribution in [1.82, 2.24) is 4.90 Å². The summed E-state index contributed by atoms with van der Waals surface area (Å²) in [6.07, 6.45) is 0.0131. The molecular formula is C27H25NO5. The van der Waals surface area contributed by atoms with Gasteiger partial charge in [-0.15, -0.1) is 0 Å². The van der Waals surface area contributed by atoms with Gasteiger partial charge in [-0.1, -0.05) is 42.5 Å². The van der Waals surface area contributed by atoms with Crippen molar-refractivity contribution < 1.29 is 23.9 Å². The summed E-state index contributed by atoms with van der Waals surface area (Å²) in [5.41, 5.74) is 4.38. The molecule has 1 heterocycles. The fourth-order valence-electron chi connectivity index (χ4n) is 5.24. The van der Waals surface area contributed by atoms with E-state index in [9.17, 15) is 14.4 Å². The van der Waals surface area contributed by atoms with Crippen LogP contribution >= 0.6 is 0 Å². The van der Waals surface area contributed by atoms with Crippen LogP contribution in [0.5, 0.6) is 0 Å². The zero-order valence-electron chi connectivity index (χ0n) is 18.9. The molecule has 0 saturated carbocycles. The van der Waals surface area contributed by atoms with Crippen LogP contribution in [0.25, 0.3) is 33.0 Å². The molecule has 3 aromatic carbocycles. The minimum absolute atomic E-state index is 0.0131. The number of hydrogen-bond donors (Lipinski definition) is 0. The maximum Gasteiger partial charge on any atom is 0.344 e. The number of esters is 2. The van der Waals surface area contributed by atoms with E-state index in [4.69, 9.17) is 9.47 Å². The van der Waals surface area contributed by atoms with Crippen molar-refractivity contribution in [3.05, 3.63) is 59.7 Å². The molecule has 0 fully saturated rings. The first-order chi connectivity index (χ1) is 15.9. The molecule has 1 aliphatic carbocycles. The molecule has 0 spiro atoms. The minimum atomic E-state index is -1.84. The second kappa shape index (κ2) is 7.73. The molecule has 33 heavy (non-hydrogen) atoms. The van der Waals surface area contributed by atoms with Crippen LogP contribution in [0, 0.1) is 0 Å². The van der Waals surface area contributed by atoms with Crippen LogP contribution in [0.1, 0.15) is 31.9 Å². The smallest absolute Gasteiger partial charge is 0.344 e. The van der Waals surface area contributed by atoms with Crippen LogP contribution in [-0.2, 0) is 36.8 Å². The average molecular weight is 443 g/mol. The monoisotopic (exact) mass is 443 g/mol. The van der Waals surface area contributed by atoms with Crippen LogP contribution < -0.4 is 0 Å². The van der Waals surface area contributed by atoms with Crippen LogP contribution in [-0.4, -0.2) is 41.5 Å². The number of carbonyl (C=O) groups is 3. The number of nitrogens with zero attached hydrogens (tertiary/aromatic N) is 1. The number of ether oxygens (including phenoxy) is 2. The van der Waals surface area contributed by atoms with Crippen molar-refractivity contribution in [2.45, 2.75) is 39.3 Å². The summed E-state index contributed by atoms with van der Waals surface area (Å²) in [6.45, 7) is 5.04. The van der Waals surface area contributed by atoms with E-state index in [1.807, 2.05) is 12.1 Å². The first-order valence-corrected chi connectivity index (χ1v) is 11.2. The molecule has 0 bridgehead atoms. The summed E-state index contributed by atoms with van der Waals surface area (Å²) < 4.78 is 10.6. The molecule has 1 aliphatic heterocycles. The molecule has 5 rings (SSSR count). The third-order valence-electron chi connectivity index (χ3n) is 6.67. The van der Waals surface area contributed by atoms with Crippen LogP contribution in [0.2, 0.25) is 0 Å². The predicted molar refractivity (Wildman–Crippen MR) is 124 cm³/mol. The van der Waals surface area contributed by atoms with E-state index in [0.717, 1.165) is 38.8 Å². The molecule has 6 heteroatoms. The highest BCUT2D eigenvalue weighted by molar-refractivity contribution is 6.15. The molecule has 0 aromatic heterocycles. The number of rotatable bonds is 4. The van der Waals surface area contributed by atoms with Gasteiger partial charge in [0.25, 0.3) is 0 Å². The lowest BCUT2D eigenvalue weighted by atomic mass is 9.80. The molecule has 168 valence electrons. The first-order valence-electron chi connectivity index (χ1n) is 11.2. The molecule has 0 radical (unpaired) electrons. The molecule has 0 unspecified atom stereocenters. The number of fused-ring (bicyclic) bond motifs is 4. The van der Waals surface area contributed by atoms with E-state index in [1.54, 1.807) is 13.8 Å². The third kappa shape index (κ3) is 2.97.